The van der Waals surface area contributed by atoms with Crippen LogP contribution in [0, 0.1) is 11.8 Å². The number of aromatic nitrogens is 2. The van der Waals surface area contributed by atoms with E-state index in [0.717, 1.165) is 11.1 Å². The Morgan fingerprint density at radius 3 is 2.58 bits per heavy atom. The summed E-state index contributed by atoms with van der Waals surface area (Å²) in [6.45, 7) is 7.31. The maximum atomic E-state index is 13.0. The molecule has 1 aromatic rings. The van der Waals surface area contributed by atoms with Crippen molar-refractivity contribution in [1.82, 2.24) is 20.4 Å². The van der Waals surface area contributed by atoms with Gasteiger partial charge in [-0.2, -0.15) is 18.3 Å². The van der Waals surface area contributed by atoms with Gasteiger partial charge >= 0.3 is 6.18 Å². The first-order valence-electron chi connectivity index (χ1n) is 8.90. The van der Waals surface area contributed by atoms with Gasteiger partial charge < -0.3 is 15.7 Å². The van der Waals surface area contributed by atoms with Crippen LogP contribution in [0.1, 0.15) is 44.9 Å². The predicted molar refractivity (Wildman–Crippen MR) is 95.7 cm³/mol. The second-order valence-corrected chi connectivity index (χ2v) is 6.76. The quantitative estimate of drug-likeness (QED) is 0.457. The lowest BCUT2D eigenvalue weighted by Gasteiger charge is -2.20. The normalized spacial score (nSPS) is 14.0. The number of hydrogen-bond donors (Lipinski definition) is 3. The van der Waals surface area contributed by atoms with Gasteiger partial charge in [-0.1, -0.05) is 13.8 Å². The van der Waals surface area contributed by atoms with Gasteiger partial charge in [-0.3, -0.25) is 4.68 Å². The fourth-order valence-corrected chi connectivity index (χ4v) is 2.79. The van der Waals surface area contributed by atoms with Gasteiger partial charge in [-0.15, -0.1) is 0 Å². The summed E-state index contributed by atoms with van der Waals surface area (Å²) in [6, 6.07) is 0. The SMILES string of the molecule is CCNC(=NCc1cn(C)nc1C(F)(F)F)NCC(CCO)CC(C)C. The standard InChI is InChI=1S/C17H30F3N5O/c1-5-21-16(22-9-13(6-7-26)8-12(2)3)23-10-14-11-25(4)24-15(14)17(18,19)20/h11-13,26H,5-10H2,1-4H3,(H2,21,22,23). The molecule has 0 saturated carbocycles. The van der Waals surface area contributed by atoms with Crippen LogP contribution in [0.5, 0.6) is 0 Å². The van der Waals surface area contributed by atoms with Gasteiger partial charge in [-0.05, 0) is 31.6 Å². The first kappa shape index (κ1) is 22.3. The molecule has 1 aromatic heterocycles. The van der Waals surface area contributed by atoms with Gasteiger partial charge in [0.15, 0.2) is 11.7 Å². The average molecular weight is 377 g/mol. The van der Waals surface area contributed by atoms with Crippen molar-refractivity contribution < 1.29 is 18.3 Å². The highest BCUT2D eigenvalue weighted by Gasteiger charge is 2.36. The van der Waals surface area contributed by atoms with Crippen LogP contribution < -0.4 is 10.6 Å². The number of guanidine groups is 1. The van der Waals surface area contributed by atoms with Gasteiger partial charge in [0, 0.05) is 38.5 Å². The molecule has 0 bridgehead atoms. The largest absolute Gasteiger partial charge is 0.435 e. The molecule has 0 aliphatic carbocycles. The van der Waals surface area contributed by atoms with Gasteiger partial charge in [0.05, 0.1) is 6.54 Å². The monoisotopic (exact) mass is 377 g/mol. The smallest absolute Gasteiger partial charge is 0.396 e. The first-order chi connectivity index (χ1) is 12.2. The van der Waals surface area contributed by atoms with E-state index in [1.165, 1.54) is 13.2 Å². The second kappa shape index (κ2) is 10.4. The van der Waals surface area contributed by atoms with Crippen molar-refractivity contribution in [1.29, 1.82) is 0 Å². The van der Waals surface area contributed by atoms with E-state index < -0.39 is 11.9 Å². The number of alkyl halides is 3. The molecule has 3 N–H and O–H groups in total. The van der Waals surface area contributed by atoms with E-state index in [1.807, 2.05) is 6.92 Å². The number of halogens is 3. The van der Waals surface area contributed by atoms with Crippen molar-refractivity contribution >= 4 is 5.96 Å². The summed E-state index contributed by atoms with van der Waals surface area (Å²) in [5.74, 6) is 1.22. The Bertz CT molecular complexity index is 569. The van der Waals surface area contributed by atoms with E-state index >= 15 is 0 Å². The molecular weight excluding hydrogens is 347 g/mol. The summed E-state index contributed by atoms with van der Waals surface area (Å²) in [4.78, 5) is 4.26. The summed E-state index contributed by atoms with van der Waals surface area (Å²) < 4.78 is 40.2. The van der Waals surface area contributed by atoms with Crippen LogP contribution in [0.15, 0.2) is 11.2 Å². The minimum absolute atomic E-state index is 0.0336. The minimum Gasteiger partial charge on any atom is -0.396 e. The third kappa shape index (κ3) is 7.63. The molecule has 1 rings (SSSR count). The van der Waals surface area contributed by atoms with E-state index in [9.17, 15) is 18.3 Å². The third-order valence-electron chi connectivity index (χ3n) is 3.83. The molecule has 0 aliphatic heterocycles. The van der Waals surface area contributed by atoms with Crippen molar-refractivity contribution in [2.24, 2.45) is 23.9 Å². The Morgan fingerprint density at radius 1 is 1.35 bits per heavy atom. The van der Waals surface area contributed by atoms with E-state index in [1.54, 1.807) is 0 Å². The summed E-state index contributed by atoms with van der Waals surface area (Å²) in [5, 5.41) is 18.9. The highest BCUT2D eigenvalue weighted by molar-refractivity contribution is 5.79. The van der Waals surface area contributed by atoms with Crippen LogP contribution in [-0.2, 0) is 19.8 Å². The van der Waals surface area contributed by atoms with Gasteiger partial charge in [0.2, 0.25) is 0 Å². The Balaban J connectivity index is 2.80. The Labute approximate surface area is 152 Å². The molecule has 0 radical (unpaired) electrons. The zero-order valence-electron chi connectivity index (χ0n) is 15.9. The lowest BCUT2D eigenvalue weighted by atomic mass is 9.94. The maximum absolute atomic E-state index is 13.0. The molecule has 0 saturated heterocycles. The molecule has 0 spiro atoms. The number of nitrogens with zero attached hydrogens (tertiary/aromatic N) is 3. The van der Waals surface area contributed by atoms with Crippen LogP contribution in [0.2, 0.25) is 0 Å². The molecule has 26 heavy (non-hydrogen) atoms. The Hall–Kier alpha value is -1.77. The molecule has 0 aromatic carbocycles. The summed E-state index contributed by atoms with van der Waals surface area (Å²) in [7, 11) is 1.46. The average Bonchev–Trinajstić information content (AvgIpc) is 2.90. The van der Waals surface area contributed by atoms with E-state index in [2.05, 4.69) is 34.6 Å². The van der Waals surface area contributed by atoms with Crippen molar-refractivity contribution in [3.63, 3.8) is 0 Å². The molecule has 0 aliphatic rings. The molecule has 1 atom stereocenters. The third-order valence-corrected chi connectivity index (χ3v) is 3.83. The minimum atomic E-state index is -4.50. The molecule has 0 amide bonds. The van der Waals surface area contributed by atoms with Crippen molar-refractivity contribution in [3.05, 3.63) is 17.5 Å². The highest BCUT2D eigenvalue weighted by Crippen LogP contribution is 2.30. The van der Waals surface area contributed by atoms with Crippen molar-refractivity contribution in [2.75, 3.05) is 19.7 Å². The molecular formula is C17H30F3N5O. The summed E-state index contributed by atoms with van der Waals surface area (Å²) in [6.07, 6.45) is -1.54. The molecule has 150 valence electrons. The number of rotatable bonds is 9. The molecule has 1 unspecified atom stereocenters. The predicted octanol–water partition coefficient (Wildman–Crippen LogP) is 2.54. The van der Waals surface area contributed by atoms with E-state index in [0.29, 0.717) is 31.4 Å². The highest BCUT2D eigenvalue weighted by atomic mass is 19.4. The van der Waals surface area contributed by atoms with Gasteiger partial charge in [-0.25, -0.2) is 4.99 Å². The number of aryl methyl sites for hydroxylation is 1. The van der Waals surface area contributed by atoms with Gasteiger partial charge in [0.25, 0.3) is 0 Å². The fraction of sp³-hybridized carbons (Fsp3) is 0.765. The van der Waals surface area contributed by atoms with Crippen LogP contribution in [-0.4, -0.2) is 40.5 Å². The summed E-state index contributed by atoms with van der Waals surface area (Å²) >= 11 is 0. The number of aliphatic hydroxyl groups is 1. The van der Waals surface area contributed by atoms with Crippen LogP contribution in [0.3, 0.4) is 0 Å². The molecule has 6 nitrogen and oxygen atoms in total. The van der Waals surface area contributed by atoms with E-state index in [-0.39, 0.29) is 24.6 Å². The zero-order chi connectivity index (χ0) is 19.7. The van der Waals surface area contributed by atoms with Crippen LogP contribution in [0.4, 0.5) is 13.2 Å². The molecule has 1 heterocycles. The number of aliphatic imine (C=N–C) groups is 1. The summed E-state index contributed by atoms with van der Waals surface area (Å²) in [5.41, 5.74) is -0.871. The van der Waals surface area contributed by atoms with E-state index in [4.69, 9.17) is 0 Å². The number of nitrogens with one attached hydrogen (secondary N) is 2. The molecule has 0 fully saturated rings. The first-order valence-corrected chi connectivity index (χ1v) is 8.90. The second-order valence-electron chi connectivity index (χ2n) is 6.76. The zero-order valence-corrected chi connectivity index (χ0v) is 15.9. The van der Waals surface area contributed by atoms with Crippen LogP contribution >= 0.6 is 0 Å². The molecule has 9 heteroatoms. The lowest BCUT2D eigenvalue weighted by Crippen LogP contribution is -2.40. The Kier molecular flexibility index (Phi) is 8.91. The topological polar surface area (TPSA) is 74.5 Å². The maximum Gasteiger partial charge on any atom is 0.435 e. The number of hydrogen-bond acceptors (Lipinski definition) is 3. The van der Waals surface area contributed by atoms with Crippen molar-refractivity contribution in [3.8, 4) is 0 Å². The van der Waals surface area contributed by atoms with Crippen LogP contribution in [0.25, 0.3) is 0 Å². The number of aliphatic hydroxyl groups excluding tert-OH is 1. The van der Waals surface area contributed by atoms with Gasteiger partial charge in [0.1, 0.15) is 0 Å². The van der Waals surface area contributed by atoms with Crippen molar-refractivity contribution in [2.45, 2.75) is 46.3 Å². The lowest BCUT2D eigenvalue weighted by molar-refractivity contribution is -0.142. The fourth-order valence-electron chi connectivity index (χ4n) is 2.79. The Morgan fingerprint density at radius 2 is 2.04 bits per heavy atom.